The summed E-state index contributed by atoms with van der Waals surface area (Å²) in [6.45, 7) is 4.15. The molecular formula is C13H19BO4. The molecule has 0 fully saturated rings. The Bertz CT molecular complexity index is 379. The van der Waals surface area contributed by atoms with Gasteiger partial charge in [-0.05, 0) is 23.1 Å². The summed E-state index contributed by atoms with van der Waals surface area (Å²) in [5.74, 6) is 0.470. The van der Waals surface area contributed by atoms with Gasteiger partial charge in [-0.1, -0.05) is 38.1 Å². The van der Waals surface area contributed by atoms with Crippen LogP contribution < -0.4 is 0 Å². The Hall–Kier alpha value is -1.30. The van der Waals surface area contributed by atoms with Crippen LogP contribution >= 0.6 is 0 Å². The maximum absolute atomic E-state index is 9.19. The van der Waals surface area contributed by atoms with Crippen molar-refractivity contribution in [2.24, 2.45) is 0 Å². The average molecular weight is 250 g/mol. The fourth-order valence-corrected chi connectivity index (χ4v) is 1.40. The van der Waals surface area contributed by atoms with E-state index >= 15 is 0 Å². The smallest absolute Gasteiger partial charge is 0.518 e. The van der Waals surface area contributed by atoms with Gasteiger partial charge in [0.1, 0.15) is 0 Å². The summed E-state index contributed by atoms with van der Waals surface area (Å²) >= 11 is 0. The van der Waals surface area contributed by atoms with Crippen LogP contribution in [-0.4, -0.2) is 30.7 Å². The van der Waals surface area contributed by atoms with Crippen LogP contribution in [0.5, 0.6) is 0 Å². The molecule has 2 N–H and O–H groups in total. The van der Waals surface area contributed by atoms with Crippen molar-refractivity contribution in [1.82, 2.24) is 0 Å². The van der Waals surface area contributed by atoms with Crippen LogP contribution in [0.25, 0.3) is 6.08 Å². The highest BCUT2D eigenvalue weighted by Crippen LogP contribution is 2.16. The van der Waals surface area contributed by atoms with Gasteiger partial charge in [0.25, 0.3) is 0 Å². The third-order valence-corrected chi connectivity index (χ3v) is 2.38. The summed E-state index contributed by atoms with van der Waals surface area (Å²) in [5.41, 5.74) is 2.24. The van der Waals surface area contributed by atoms with Gasteiger partial charge in [0.15, 0.2) is 0 Å². The van der Waals surface area contributed by atoms with E-state index in [1.54, 1.807) is 6.08 Å². The van der Waals surface area contributed by atoms with Crippen LogP contribution in [-0.2, 0) is 9.31 Å². The number of aliphatic hydroxyl groups is 1. The average Bonchev–Trinajstić information content (AvgIpc) is 2.36. The summed E-state index contributed by atoms with van der Waals surface area (Å²) in [7, 11) is -1.35. The molecule has 0 saturated heterocycles. The zero-order chi connectivity index (χ0) is 13.4. The molecule has 0 amide bonds. The van der Waals surface area contributed by atoms with Gasteiger partial charge in [-0.15, -0.1) is 0 Å². The van der Waals surface area contributed by atoms with E-state index in [2.05, 4.69) is 26.0 Å². The van der Waals surface area contributed by atoms with Crippen LogP contribution in [0.3, 0.4) is 0 Å². The maximum atomic E-state index is 9.19. The highest BCUT2D eigenvalue weighted by Gasteiger charge is 2.14. The molecule has 1 aromatic carbocycles. The molecule has 4 nitrogen and oxygen atoms in total. The first-order valence-electron chi connectivity index (χ1n) is 5.96. The quantitative estimate of drug-likeness (QED) is 0.572. The molecule has 0 heterocycles. The van der Waals surface area contributed by atoms with Gasteiger partial charge in [-0.25, -0.2) is 0 Å². The van der Waals surface area contributed by atoms with Crippen molar-refractivity contribution in [2.75, 3.05) is 13.2 Å². The van der Waals surface area contributed by atoms with Crippen molar-refractivity contribution >= 4 is 13.4 Å². The van der Waals surface area contributed by atoms with E-state index in [1.165, 1.54) is 11.8 Å². The number of rotatable bonds is 7. The van der Waals surface area contributed by atoms with E-state index in [9.17, 15) is 5.02 Å². The third kappa shape index (κ3) is 5.36. The zero-order valence-corrected chi connectivity index (χ0v) is 10.7. The Morgan fingerprint density at radius 2 is 2.17 bits per heavy atom. The summed E-state index contributed by atoms with van der Waals surface area (Å²) in [4.78, 5) is 0. The van der Waals surface area contributed by atoms with Gasteiger partial charge in [0, 0.05) is 0 Å². The Kier molecular flexibility index (Phi) is 6.50. The van der Waals surface area contributed by atoms with E-state index in [4.69, 9.17) is 14.4 Å². The Morgan fingerprint density at radius 3 is 2.83 bits per heavy atom. The molecule has 0 unspecified atom stereocenters. The standard InChI is InChI=1S/C13H19BO4/c1-11(2)13-5-3-4-12(10-13)6-8-17-14(16)18-9-7-15/h3-6,8,10-11,15-16H,7,9H2,1-2H3. The first kappa shape index (κ1) is 14.8. The predicted molar refractivity (Wildman–Crippen MR) is 71.7 cm³/mol. The lowest BCUT2D eigenvalue weighted by molar-refractivity contribution is 0.135. The predicted octanol–water partition coefficient (Wildman–Crippen LogP) is 1.78. The van der Waals surface area contributed by atoms with Gasteiger partial charge in [-0.2, -0.15) is 0 Å². The molecule has 0 aliphatic heterocycles. The highest BCUT2D eigenvalue weighted by molar-refractivity contribution is 6.34. The van der Waals surface area contributed by atoms with E-state index in [-0.39, 0.29) is 13.2 Å². The Labute approximate surface area is 108 Å². The number of hydrogen-bond donors (Lipinski definition) is 2. The molecule has 0 spiro atoms. The lowest BCUT2D eigenvalue weighted by atomic mass is 10.0. The molecule has 1 rings (SSSR count). The SMILES string of the molecule is CC(C)c1cccc(C=COB(O)OCCO)c1. The molecule has 1 aromatic rings. The van der Waals surface area contributed by atoms with E-state index in [0.29, 0.717) is 5.92 Å². The topological polar surface area (TPSA) is 58.9 Å². The van der Waals surface area contributed by atoms with E-state index in [1.807, 2.05) is 12.1 Å². The van der Waals surface area contributed by atoms with Crippen molar-refractivity contribution in [2.45, 2.75) is 19.8 Å². The maximum Gasteiger partial charge on any atom is 0.710 e. The van der Waals surface area contributed by atoms with Crippen molar-refractivity contribution in [3.63, 3.8) is 0 Å². The highest BCUT2D eigenvalue weighted by atomic mass is 16.7. The minimum Gasteiger partial charge on any atom is -0.518 e. The fourth-order valence-electron chi connectivity index (χ4n) is 1.40. The lowest BCUT2D eigenvalue weighted by Crippen LogP contribution is -2.21. The summed E-state index contributed by atoms with van der Waals surface area (Å²) in [6, 6.07) is 8.06. The first-order chi connectivity index (χ1) is 8.63. The monoisotopic (exact) mass is 250 g/mol. The van der Waals surface area contributed by atoms with Gasteiger partial charge in [0.2, 0.25) is 0 Å². The molecule has 0 aliphatic rings. The van der Waals surface area contributed by atoms with Crippen molar-refractivity contribution in [1.29, 1.82) is 0 Å². The van der Waals surface area contributed by atoms with Gasteiger partial charge < -0.3 is 19.4 Å². The van der Waals surface area contributed by atoms with Crippen molar-refractivity contribution < 1.29 is 19.4 Å². The first-order valence-corrected chi connectivity index (χ1v) is 5.96. The Balaban J connectivity index is 2.48. The van der Waals surface area contributed by atoms with Crippen LogP contribution in [0.2, 0.25) is 0 Å². The number of benzene rings is 1. The molecule has 0 aliphatic carbocycles. The van der Waals surface area contributed by atoms with Crippen LogP contribution in [0.15, 0.2) is 30.5 Å². The molecule has 18 heavy (non-hydrogen) atoms. The number of hydrogen-bond acceptors (Lipinski definition) is 4. The van der Waals surface area contributed by atoms with Crippen LogP contribution in [0.1, 0.15) is 30.9 Å². The fraction of sp³-hybridized carbons (Fsp3) is 0.385. The van der Waals surface area contributed by atoms with Gasteiger partial charge in [0.05, 0.1) is 19.5 Å². The minimum absolute atomic E-state index is 0.0395. The third-order valence-electron chi connectivity index (χ3n) is 2.38. The van der Waals surface area contributed by atoms with Gasteiger partial charge >= 0.3 is 7.32 Å². The molecule has 98 valence electrons. The molecule has 0 bridgehead atoms. The molecule has 0 saturated carbocycles. The summed E-state index contributed by atoms with van der Waals surface area (Å²) in [5, 5.41) is 17.7. The molecule has 0 radical (unpaired) electrons. The Morgan fingerprint density at radius 1 is 1.39 bits per heavy atom. The second kappa shape index (κ2) is 7.92. The van der Waals surface area contributed by atoms with E-state index < -0.39 is 7.32 Å². The van der Waals surface area contributed by atoms with Crippen LogP contribution in [0.4, 0.5) is 0 Å². The van der Waals surface area contributed by atoms with Crippen LogP contribution in [0, 0.1) is 0 Å². The molecule has 5 heteroatoms. The molecule has 0 aromatic heterocycles. The largest absolute Gasteiger partial charge is 0.710 e. The lowest BCUT2D eigenvalue weighted by Gasteiger charge is -2.06. The minimum atomic E-state index is -1.35. The summed E-state index contributed by atoms with van der Waals surface area (Å²) in [6.07, 6.45) is 3.12. The molecular weight excluding hydrogens is 231 g/mol. The summed E-state index contributed by atoms with van der Waals surface area (Å²) < 4.78 is 9.61. The van der Waals surface area contributed by atoms with Crippen molar-refractivity contribution in [3.05, 3.63) is 41.7 Å². The van der Waals surface area contributed by atoms with Gasteiger partial charge in [-0.3, -0.25) is 0 Å². The second-order valence-electron chi connectivity index (χ2n) is 4.17. The molecule has 0 atom stereocenters. The van der Waals surface area contributed by atoms with Crippen molar-refractivity contribution in [3.8, 4) is 0 Å². The number of aliphatic hydroxyl groups excluding tert-OH is 1. The van der Waals surface area contributed by atoms with E-state index in [0.717, 1.165) is 5.56 Å². The second-order valence-corrected chi connectivity index (χ2v) is 4.17. The normalized spacial score (nSPS) is 11.2. The zero-order valence-electron chi connectivity index (χ0n) is 10.7.